The van der Waals surface area contributed by atoms with E-state index in [-0.39, 0.29) is 23.4 Å². The summed E-state index contributed by atoms with van der Waals surface area (Å²) in [6.45, 7) is 1.79. The summed E-state index contributed by atoms with van der Waals surface area (Å²) in [5, 5.41) is 9.96. The molecule has 0 radical (unpaired) electrons. The quantitative estimate of drug-likeness (QED) is 0.182. The molecule has 0 unspecified atom stereocenters. The van der Waals surface area contributed by atoms with Gasteiger partial charge >= 0.3 is 12.2 Å². The second-order valence-electron chi connectivity index (χ2n) is 8.98. The number of hydrogen-bond acceptors (Lipinski definition) is 6. The van der Waals surface area contributed by atoms with Gasteiger partial charge < -0.3 is 26.2 Å². The topological polar surface area (TPSA) is 111 Å². The molecule has 0 aliphatic carbocycles. The van der Waals surface area contributed by atoms with Crippen molar-refractivity contribution < 1.29 is 31.5 Å². The minimum atomic E-state index is -4.71. The zero-order valence-corrected chi connectivity index (χ0v) is 22.4. The molecule has 14 heteroatoms. The molecule has 1 heterocycles. The Kier molecular flexibility index (Phi) is 8.54. The summed E-state index contributed by atoms with van der Waals surface area (Å²) >= 11 is 0. The molecule has 218 valence electrons. The van der Waals surface area contributed by atoms with E-state index in [1.165, 1.54) is 36.2 Å². The molecule has 0 atom stereocenters. The number of rotatable bonds is 7. The van der Waals surface area contributed by atoms with Crippen molar-refractivity contribution in [3.63, 3.8) is 0 Å². The summed E-state index contributed by atoms with van der Waals surface area (Å²) in [7, 11) is 3.07. The second kappa shape index (κ2) is 12.1. The third-order valence-corrected chi connectivity index (χ3v) is 6.06. The van der Waals surface area contributed by atoms with Crippen molar-refractivity contribution in [2.75, 3.05) is 34.9 Å². The van der Waals surface area contributed by atoms with E-state index >= 15 is 0 Å². The van der Waals surface area contributed by atoms with Crippen LogP contribution in [0.15, 0.2) is 66.9 Å². The minimum Gasteiger partial charge on any atom is -0.355 e. The molecular formula is C28H24F5N7O2. The van der Waals surface area contributed by atoms with E-state index in [9.17, 15) is 31.5 Å². The van der Waals surface area contributed by atoms with Crippen LogP contribution >= 0.6 is 0 Å². The van der Waals surface area contributed by atoms with Crippen molar-refractivity contribution >= 4 is 46.5 Å². The lowest BCUT2D eigenvalue weighted by atomic mass is 10.1. The first-order valence-electron chi connectivity index (χ1n) is 12.3. The van der Waals surface area contributed by atoms with Crippen molar-refractivity contribution in [2.45, 2.75) is 13.1 Å². The van der Waals surface area contributed by atoms with Gasteiger partial charge in [0.1, 0.15) is 5.82 Å². The number of alkyl halides is 3. The first kappa shape index (κ1) is 29.7. The van der Waals surface area contributed by atoms with Gasteiger partial charge in [0, 0.05) is 36.7 Å². The number of urea groups is 1. The second-order valence-corrected chi connectivity index (χ2v) is 8.98. The standard InChI is InChI=1S/C28H24F5N7O2/c1-15-4-6-18(13-20(15)25(41)34-2)36-26-35-14-22(30)24(39-26)40(3)19-9-7-17(8-10-19)37-27(42)38-23-12-16(28(31,32)33)5-11-21(23)29/h4-14H,1-3H3,(H,34,41)(H,35,36,39)(H2,37,38,42). The molecule has 0 saturated carbocycles. The molecule has 42 heavy (non-hydrogen) atoms. The van der Waals surface area contributed by atoms with Crippen LogP contribution in [0.4, 0.5) is 61.3 Å². The number of aryl methyl sites for hydroxylation is 1. The van der Waals surface area contributed by atoms with Gasteiger partial charge in [0.15, 0.2) is 11.6 Å². The van der Waals surface area contributed by atoms with Gasteiger partial charge in [-0.2, -0.15) is 18.2 Å². The highest BCUT2D eigenvalue weighted by atomic mass is 19.4. The van der Waals surface area contributed by atoms with Gasteiger partial charge in [0.25, 0.3) is 5.91 Å². The molecule has 4 aromatic rings. The smallest absolute Gasteiger partial charge is 0.355 e. The van der Waals surface area contributed by atoms with E-state index in [0.717, 1.165) is 11.8 Å². The van der Waals surface area contributed by atoms with Crippen molar-refractivity contribution in [3.8, 4) is 0 Å². The monoisotopic (exact) mass is 585 g/mol. The van der Waals surface area contributed by atoms with E-state index < -0.39 is 35.1 Å². The fourth-order valence-electron chi connectivity index (χ4n) is 3.83. The zero-order valence-electron chi connectivity index (χ0n) is 22.4. The van der Waals surface area contributed by atoms with E-state index in [1.807, 2.05) is 0 Å². The highest BCUT2D eigenvalue weighted by Crippen LogP contribution is 2.32. The average Bonchev–Trinajstić information content (AvgIpc) is 2.95. The molecule has 1 aromatic heterocycles. The van der Waals surface area contributed by atoms with E-state index in [1.54, 1.807) is 32.2 Å². The number of carbonyl (C=O) groups is 2. The number of amides is 3. The molecule has 0 spiro atoms. The Hall–Kier alpha value is -5.27. The lowest BCUT2D eigenvalue weighted by Crippen LogP contribution is -2.21. The summed E-state index contributed by atoms with van der Waals surface area (Å²) in [4.78, 5) is 34.0. The Labute approximate surface area is 236 Å². The molecular weight excluding hydrogens is 561 g/mol. The Balaban J connectivity index is 1.46. The molecule has 0 bridgehead atoms. The number of anilines is 6. The maximum absolute atomic E-state index is 14.7. The van der Waals surface area contributed by atoms with Crippen LogP contribution in [-0.2, 0) is 6.18 Å². The first-order chi connectivity index (χ1) is 19.8. The molecule has 3 amide bonds. The molecule has 0 fully saturated rings. The molecule has 0 saturated heterocycles. The Morgan fingerprint density at radius 2 is 1.57 bits per heavy atom. The maximum atomic E-state index is 14.7. The van der Waals surface area contributed by atoms with Gasteiger partial charge in [0.2, 0.25) is 5.95 Å². The number of halogens is 5. The van der Waals surface area contributed by atoms with Gasteiger partial charge in [-0.25, -0.2) is 18.6 Å². The van der Waals surface area contributed by atoms with Crippen molar-refractivity contribution in [1.82, 2.24) is 15.3 Å². The van der Waals surface area contributed by atoms with E-state index in [0.29, 0.717) is 35.1 Å². The maximum Gasteiger partial charge on any atom is 0.416 e. The van der Waals surface area contributed by atoms with Crippen molar-refractivity contribution in [2.24, 2.45) is 0 Å². The van der Waals surface area contributed by atoms with Crippen molar-refractivity contribution in [3.05, 3.63) is 95.2 Å². The molecule has 4 N–H and O–H groups in total. The molecule has 4 rings (SSSR count). The van der Waals surface area contributed by atoms with Crippen LogP contribution < -0.4 is 26.2 Å². The van der Waals surface area contributed by atoms with Crippen LogP contribution in [0, 0.1) is 18.6 Å². The zero-order chi connectivity index (χ0) is 30.6. The lowest BCUT2D eigenvalue weighted by molar-refractivity contribution is -0.137. The first-order valence-corrected chi connectivity index (χ1v) is 12.3. The van der Waals surface area contributed by atoms with Crippen LogP contribution in [0.5, 0.6) is 0 Å². The Morgan fingerprint density at radius 3 is 2.24 bits per heavy atom. The van der Waals surface area contributed by atoms with Crippen molar-refractivity contribution in [1.29, 1.82) is 0 Å². The summed E-state index contributed by atoms with van der Waals surface area (Å²) in [6.07, 6.45) is -3.72. The van der Waals surface area contributed by atoms with Gasteiger partial charge in [-0.3, -0.25) is 4.79 Å². The summed E-state index contributed by atoms with van der Waals surface area (Å²) in [5.41, 5.74) is 0.660. The normalized spacial score (nSPS) is 11.0. The number of aromatic nitrogens is 2. The minimum absolute atomic E-state index is 0.0711. The predicted molar refractivity (Wildman–Crippen MR) is 148 cm³/mol. The van der Waals surface area contributed by atoms with Crippen LogP contribution in [-0.4, -0.2) is 36.0 Å². The van der Waals surface area contributed by atoms with Gasteiger partial charge in [-0.1, -0.05) is 6.07 Å². The number of benzene rings is 3. The van der Waals surface area contributed by atoms with E-state index in [4.69, 9.17) is 0 Å². The van der Waals surface area contributed by atoms with Gasteiger partial charge in [-0.15, -0.1) is 0 Å². The number of hydrogen-bond donors (Lipinski definition) is 4. The van der Waals surface area contributed by atoms with Gasteiger partial charge in [-0.05, 0) is 67.1 Å². The van der Waals surface area contributed by atoms with Crippen LogP contribution in [0.1, 0.15) is 21.5 Å². The van der Waals surface area contributed by atoms with Crippen LogP contribution in [0.3, 0.4) is 0 Å². The summed E-state index contributed by atoms with van der Waals surface area (Å²) in [5.74, 6) is -2.03. The summed E-state index contributed by atoms with van der Waals surface area (Å²) in [6, 6.07) is 11.8. The molecule has 3 aromatic carbocycles. The Morgan fingerprint density at radius 1 is 0.881 bits per heavy atom. The fraction of sp³-hybridized carbons (Fsp3) is 0.143. The number of nitrogens with zero attached hydrogens (tertiary/aromatic N) is 3. The van der Waals surface area contributed by atoms with Crippen LogP contribution in [0.2, 0.25) is 0 Å². The third-order valence-electron chi connectivity index (χ3n) is 6.06. The average molecular weight is 586 g/mol. The highest BCUT2D eigenvalue weighted by Gasteiger charge is 2.31. The third kappa shape index (κ3) is 6.89. The highest BCUT2D eigenvalue weighted by molar-refractivity contribution is 6.00. The molecule has 0 aliphatic rings. The number of carbonyl (C=O) groups excluding carboxylic acids is 2. The fourth-order valence-corrected chi connectivity index (χ4v) is 3.83. The molecule has 0 aliphatic heterocycles. The predicted octanol–water partition coefficient (Wildman–Crippen LogP) is 6.60. The SMILES string of the molecule is CNC(=O)c1cc(Nc2ncc(F)c(N(C)c3ccc(NC(=O)Nc4cc(C(F)(F)F)ccc4F)cc3)n2)ccc1C. The Bertz CT molecular complexity index is 1630. The summed E-state index contributed by atoms with van der Waals surface area (Å²) < 4.78 is 67.4. The van der Waals surface area contributed by atoms with Gasteiger partial charge in [0.05, 0.1) is 17.4 Å². The largest absolute Gasteiger partial charge is 0.416 e. The lowest BCUT2D eigenvalue weighted by Gasteiger charge is -2.20. The van der Waals surface area contributed by atoms with Crippen LogP contribution in [0.25, 0.3) is 0 Å². The molecule has 9 nitrogen and oxygen atoms in total. The number of nitrogens with one attached hydrogen (secondary N) is 4. The van der Waals surface area contributed by atoms with E-state index in [2.05, 4.69) is 31.2 Å².